The Morgan fingerprint density at radius 1 is 1.25 bits per heavy atom. The van der Waals surface area contributed by atoms with Crippen LogP contribution in [0, 0.1) is 5.92 Å². The summed E-state index contributed by atoms with van der Waals surface area (Å²) in [4.78, 5) is 3.63. The number of aromatic amines is 1. The second-order valence-electron chi connectivity index (χ2n) is 6.20. The van der Waals surface area contributed by atoms with E-state index >= 15 is 0 Å². The molecular formula is C18H24BrN. The monoisotopic (exact) mass is 333 g/mol. The van der Waals surface area contributed by atoms with Crippen LogP contribution in [0.15, 0.2) is 22.7 Å². The predicted molar refractivity (Wildman–Crippen MR) is 90.3 cm³/mol. The Kier molecular flexibility index (Phi) is 4.50. The number of para-hydroxylation sites is 1. The first-order valence-electron chi connectivity index (χ1n) is 8.07. The molecule has 20 heavy (non-hydrogen) atoms. The van der Waals surface area contributed by atoms with Crippen LogP contribution in [0.2, 0.25) is 0 Å². The smallest absolute Gasteiger partial charge is 0.0603 e. The van der Waals surface area contributed by atoms with Gasteiger partial charge in [0.05, 0.1) is 5.52 Å². The molecule has 0 spiro atoms. The van der Waals surface area contributed by atoms with E-state index in [1.54, 1.807) is 5.56 Å². The van der Waals surface area contributed by atoms with Gasteiger partial charge in [0.1, 0.15) is 0 Å². The number of fused-ring (bicyclic) bond motifs is 3. The fraction of sp³-hybridized carbons (Fsp3) is 0.556. The number of aryl methyl sites for hydroxylation is 1. The lowest BCUT2D eigenvalue weighted by Gasteiger charge is -2.22. The van der Waals surface area contributed by atoms with Gasteiger partial charge in [-0.05, 0) is 52.7 Å². The number of rotatable bonds is 5. The molecule has 1 heterocycles. The first-order valence-corrected chi connectivity index (χ1v) is 8.86. The van der Waals surface area contributed by atoms with Crippen LogP contribution in [0.25, 0.3) is 10.9 Å². The lowest BCUT2D eigenvalue weighted by atomic mass is 9.83. The Labute approximate surface area is 130 Å². The highest BCUT2D eigenvalue weighted by Gasteiger charge is 2.22. The minimum Gasteiger partial charge on any atom is -0.357 e. The molecule has 1 nitrogen and oxygen atoms in total. The fourth-order valence-electron chi connectivity index (χ4n) is 3.58. The Bertz CT molecular complexity index is 584. The first-order chi connectivity index (χ1) is 9.79. The van der Waals surface area contributed by atoms with Crippen LogP contribution >= 0.6 is 15.9 Å². The lowest BCUT2D eigenvalue weighted by Crippen LogP contribution is -2.13. The molecule has 1 aliphatic rings. The second-order valence-corrected chi connectivity index (χ2v) is 7.06. The molecule has 0 bridgehead atoms. The topological polar surface area (TPSA) is 15.8 Å². The van der Waals surface area contributed by atoms with E-state index in [1.807, 2.05) is 0 Å². The third-order valence-electron chi connectivity index (χ3n) is 4.74. The summed E-state index contributed by atoms with van der Waals surface area (Å²) in [6.45, 7) is 2.29. The van der Waals surface area contributed by atoms with E-state index in [0.29, 0.717) is 0 Å². The third-order valence-corrected chi connectivity index (χ3v) is 5.40. The molecule has 1 atom stereocenters. The molecule has 3 rings (SSSR count). The van der Waals surface area contributed by atoms with E-state index in [9.17, 15) is 0 Å². The van der Waals surface area contributed by atoms with Gasteiger partial charge in [0.2, 0.25) is 0 Å². The quantitative estimate of drug-likeness (QED) is 0.645. The Morgan fingerprint density at radius 2 is 2.15 bits per heavy atom. The second kappa shape index (κ2) is 6.34. The Balaban J connectivity index is 1.74. The van der Waals surface area contributed by atoms with Gasteiger partial charge >= 0.3 is 0 Å². The van der Waals surface area contributed by atoms with Crippen LogP contribution in [-0.2, 0) is 12.8 Å². The molecule has 108 valence electrons. The number of hydrogen-bond acceptors (Lipinski definition) is 0. The van der Waals surface area contributed by atoms with Gasteiger partial charge in [0.25, 0.3) is 0 Å². The molecule has 0 fully saturated rings. The number of halogens is 1. The lowest BCUT2D eigenvalue weighted by molar-refractivity contribution is 0.405. The van der Waals surface area contributed by atoms with Crippen molar-refractivity contribution < 1.29 is 0 Å². The van der Waals surface area contributed by atoms with E-state index < -0.39 is 0 Å². The zero-order chi connectivity index (χ0) is 13.9. The molecular weight excluding hydrogens is 310 g/mol. The highest BCUT2D eigenvalue weighted by Crippen LogP contribution is 2.36. The highest BCUT2D eigenvalue weighted by molar-refractivity contribution is 9.10. The summed E-state index contributed by atoms with van der Waals surface area (Å²) < 4.78 is 1.20. The van der Waals surface area contributed by atoms with Crippen molar-refractivity contribution in [3.05, 3.63) is 33.9 Å². The normalized spacial score (nSPS) is 18.4. The van der Waals surface area contributed by atoms with Crippen LogP contribution < -0.4 is 0 Å². The molecule has 1 unspecified atom stereocenters. The highest BCUT2D eigenvalue weighted by atomic mass is 79.9. The van der Waals surface area contributed by atoms with E-state index in [1.165, 1.54) is 72.4 Å². The van der Waals surface area contributed by atoms with Gasteiger partial charge in [0, 0.05) is 15.6 Å². The van der Waals surface area contributed by atoms with Crippen LogP contribution in [0.3, 0.4) is 0 Å². The molecule has 0 aliphatic heterocycles. The average molecular weight is 334 g/mol. The van der Waals surface area contributed by atoms with Gasteiger partial charge < -0.3 is 4.98 Å². The van der Waals surface area contributed by atoms with Crippen molar-refractivity contribution in [3.63, 3.8) is 0 Å². The minimum atomic E-state index is 0.900. The van der Waals surface area contributed by atoms with E-state index in [4.69, 9.17) is 0 Å². The molecule has 1 N–H and O–H groups in total. The van der Waals surface area contributed by atoms with Crippen LogP contribution in [-0.4, -0.2) is 4.98 Å². The van der Waals surface area contributed by atoms with Crippen molar-refractivity contribution in [2.75, 3.05) is 0 Å². The Hall–Kier alpha value is -0.760. The van der Waals surface area contributed by atoms with Crippen molar-refractivity contribution in [2.24, 2.45) is 5.92 Å². The molecule has 0 radical (unpaired) electrons. The number of benzene rings is 1. The van der Waals surface area contributed by atoms with Crippen molar-refractivity contribution in [1.82, 2.24) is 4.98 Å². The molecule has 2 aromatic rings. The van der Waals surface area contributed by atoms with E-state index in [2.05, 4.69) is 46.0 Å². The molecule has 0 saturated carbocycles. The standard InChI is InChI=1S/C18H24BrN/c1-2-3-4-5-7-13-10-11-17-15(12-13)14-8-6-9-16(19)18(14)20-17/h6,8-9,13,20H,2-5,7,10-12H2,1H3. The number of H-pyrrole nitrogens is 1. The van der Waals surface area contributed by atoms with Gasteiger partial charge in [-0.2, -0.15) is 0 Å². The van der Waals surface area contributed by atoms with Gasteiger partial charge in [-0.3, -0.25) is 0 Å². The maximum Gasteiger partial charge on any atom is 0.0603 e. The molecule has 2 heteroatoms. The van der Waals surface area contributed by atoms with Gasteiger partial charge in [-0.15, -0.1) is 0 Å². The molecule has 0 amide bonds. The van der Waals surface area contributed by atoms with Gasteiger partial charge in [0.15, 0.2) is 0 Å². The summed E-state index contributed by atoms with van der Waals surface area (Å²) in [7, 11) is 0. The number of hydrogen-bond donors (Lipinski definition) is 1. The van der Waals surface area contributed by atoms with Crippen LogP contribution in [0.5, 0.6) is 0 Å². The third kappa shape index (κ3) is 2.81. The molecule has 1 aromatic carbocycles. The minimum absolute atomic E-state index is 0.900. The summed E-state index contributed by atoms with van der Waals surface area (Å²) in [5, 5.41) is 1.44. The largest absolute Gasteiger partial charge is 0.357 e. The first kappa shape index (κ1) is 14.2. The molecule has 0 saturated heterocycles. The molecule has 1 aliphatic carbocycles. The number of nitrogens with one attached hydrogen (secondary N) is 1. The Morgan fingerprint density at radius 3 is 3.00 bits per heavy atom. The van der Waals surface area contributed by atoms with Crippen molar-refractivity contribution in [2.45, 2.75) is 58.3 Å². The maximum atomic E-state index is 3.67. The van der Waals surface area contributed by atoms with Crippen molar-refractivity contribution in [1.29, 1.82) is 0 Å². The fourth-order valence-corrected chi connectivity index (χ4v) is 4.05. The van der Waals surface area contributed by atoms with E-state index in [0.717, 1.165) is 5.92 Å². The summed E-state index contributed by atoms with van der Waals surface area (Å²) in [6, 6.07) is 6.56. The summed E-state index contributed by atoms with van der Waals surface area (Å²) >= 11 is 3.67. The van der Waals surface area contributed by atoms with Gasteiger partial charge in [-0.25, -0.2) is 0 Å². The summed E-state index contributed by atoms with van der Waals surface area (Å²) in [6.07, 6.45) is 10.9. The van der Waals surface area contributed by atoms with Crippen molar-refractivity contribution in [3.8, 4) is 0 Å². The van der Waals surface area contributed by atoms with Crippen LogP contribution in [0.1, 0.15) is 56.7 Å². The summed E-state index contributed by atoms with van der Waals surface area (Å²) in [5.74, 6) is 0.900. The van der Waals surface area contributed by atoms with Crippen molar-refractivity contribution >= 4 is 26.8 Å². The van der Waals surface area contributed by atoms with E-state index in [-0.39, 0.29) is 0 Å². The number of aromatic nitrogens is 1. The average Bonchev–Trinajstić information content (AvgIpc) is 2.83. The summed E-state index contributed by atoms with van der Waals surface area (Å²) in [5.41, 5.74) is 4.37. The zero-order valence-corrected chi connectivity index (χ0v) is 13.9. The maximum absolute atomic E-state index is 3.67. The zero-order valence-electron chi connectivity index (χ0n) is 12.3. The van der Waals surface area contributed by atoms with Crippen LogP contribution in [0.4, 0.5) is 0 Å². The predicted octanol–water partition coefficient (Wildman–Crippen LogP) is 6.01. The van der Waals surface area contributed by atoms with Gasteiger partial charge in [-0.1, -0.05) is 51.2 Å². The number of unbranched alkanes of at least 4 members (excludes halogenated alkanes) is 3. The SMILES string of the molecule is CCCCCCC1CCc2[nH]c3c(Br)cccc3c2C1. The molecule has 1 aromatic heterocycles.